The molecule has 4 nitrogen and oxygen atoms in total. The summed E-state index contributed by atoms with van der Waals surface area (Å²) in [6, 6.07) is 10.0. The minimum Gasteiger partial charge on any atom is -0.383 e. The summed E-state index contributed by atoms with van der Waals surface area (Å²) >= 11 is 1.58. The average Bonchev–Trinajstić information content (AvgIpc) is 2.84. The monoisotopic (exact) mass is 314 g/mol. The van der Waals surface area contributed by atoms with Crippen molar-refractivity contribution in [2.75, 3.05) is 13.7 Å². The number of methoxy groups -OCH3 is 1. The molecule has 2 heterocycles. The number of rotatable bonds is 4. The normalized spacial score (nSPS) is 11.2. The van der Waals surface area contributed by atoms with Crippen molar-refractivity contribution in [2.24, 2.45) is 0 Å². The highest BCUT2D eigenvalue weighted by Crippen LogP contribution is 2.35. The predicted molar refractivity (Wildman–Crippen MR) is 90.7 cm³/mol. The number of fused-ring (bicyclic) bond motifs is 1. The smallest absolute Gasteiger partial charge is 0.262 e. The van der Waals surface area contributed by atoms with Gasteiger partial charge < -0.3 is 4.74 Å². The van der Waals surface area contributed by atoms with E-state index in [4.69, 9.17) is 4.74 Å². The largest absolute Gasteiger partial charge is 0.383 e. The Morgan fingerprint density at radius 1 is 1.23 bits per heavy atom. The average molecular weight is 314 g/mol. The van der Waals surface area contributed by atoms with Gasteiger partial charge in [-0.1, -0.05) is 30.3 Å². The Bertz CT molecular complexity index is 866. The maximum atomic E-state index is 12.9. The molecule has 3 aromatic rings. The molecule has 1 aromatic carbocycles. The van der Waals surface area contributed by atoms with Crippen molar-refractivity contribution >= 4 is 21.6 Å². The molecule has 0 radical (unpaired) electrons. The summed E-state index contributed by atoms with van der Waals surface area (Å²) in [5, 5.41) is 0.718. The van der Waals surface area contributed by atoms with Crippen molar-refractivity contribution in [2.45, 2.75) is 20.4 Å². The SMILES string of the molecule is COCCn1c(C)nc2sc(C)c(-c3ccccc3)c2c1=O. The Labute approximate surface area is 133 Å². The van der Waals surface area contributed by atoms with Gasteiger partial charge >= 0.3 is 0 Å². The molecular formula is C17H18N2O2S. The lowest BCUT2D eigenvalue weighted by Gasteiger charge is -2.09. The number of aryl methyl sites for hydroxylation is 2. The molecule has 0 saturated heterocycles. The highest BCUT2D eigenvalue weighted by atomic mass is 32.1. The zero-order chi connectivity index (χ0) is 15.7. The lowest BCUT2D eigenvalue weighted by molar-refractivity contribution is 0.185. The van der Waals surface area contributed by atoms with Gasteiger partial charge in [0, 0.05) is 17.6 Å². The molecule has 0 atom stereocenters. The van der Waals surface area contributed by atoms with Crippen LogP contribution in [0.5, 0.6) is 0 Å². The molecule has 2 aromatic heterocycles. The van der Waals surface area contributed by atoms with Gasteiger partial charge in [0.15, 0.2) is 0 Å². The molecule has 0 aliphatic heterocycles. The first-order valence-electron chi connectivity index (χ1n) is 7.18. The lowest BCUT2D eigenvalue weighted by Crippen LogP contribution is -2.25. The molecule has 0 fully saturated rings. The zero-order valence-electron chi connectivity index (χ0n) is 12.9. The summed E-state index contributed by atoms with van der Waals surface area (Å²) in [7, 11) is 1.64. The molecule has 114 valence electrons. The third kappa shape index (κ3) is 2.46. The van der Waals surface area contributed by atoms with Crippen molar-refractivity contribution in [1.82, 2.24) is 9.55 Å². The van der Waals surface area contributed by atoms with Gasteiger partial charge in [0.05, 0.1) is 18.5 Å². The van der Waals surface area contributed by atoms with Gasteiger partial charge in [-0.25, -0.2) is 4.98 Å². The summed E-state index contributed by atoms with van der Waals surface area (Å²) in [6.45, 7) is 4.93. The molecule has 3 rings (SSSR count). The third-order valence-corrected chi connectivity index (χ3v) is 4.76. The molecule has 0 spiro atoms. The van der Waals surface area contributed by atoms with Crippen molar-refractivity contribution < 1.29 is 4.74 Å². The fraction of sp³-hybridized carbons (Fsp3) is 0.294. The van der Waals surface area contributed by atoms with Gasteiger partial charge in [0.2, 0.25) is 0 Å². The van der Waals surface area contributed by atoms with E-state index in [9.17, 15) is 4.79 Å². The Morgan fingerprint density at radius 2 is 1.95 bits per heavy atom. The van der Waals surface area contributed by atoms with E-state index in [1.165, 1.54) is 0 Å². The van der Waals surface area contributed by atoms with Gasteiger partial charge in [-0.15, -0.1) is 11.3 Å². The van der Waals surface area contributed by atoms with Crippen molar-refractivity contribution in [3.8, 4) is 11.1 Å². The molecule has 0 aliphatic rings. The van der Waals surface area contributed by atoms with Gasteiger partial charge in [-0.3, -0.25) is 9.36 Å². The van der Waals surface area contributed by atoms with Gasteiger partial charge in [0.1, 0.15) is 10.7 Å². The second kappa shape index (κ2) is 6.02. The molecule has 0 N–H and O–H groups in total. The van der Waals surface area contributed by atoms with Crippen LogP contribution in [0.15, 0.2) is 35.1 Å². The van der Waals surface area contributed by atoms with E-state index in [0.29, 0.717) is 13.2 Å². The van der Waals surface area contributed by atoms with Crippen molar-refractivity contribution in [3.05, 3.63) is 51.4 Å². The second-order valence-corrected chi connectivity index (χ2v) is 6.39. The van der Waals surface area contributed by atoms with Crippen LogP contribution >= 0.6 is 11.3 Å². The third-order valence-electron chi connectivity index (χ3n) is 3.76. The zero-order valence-corrected chi connectivity index (χ0v) is 13.7. The van der Waals surface area contributed by atoms with Crippen LogP contribution < -0.4 is 5.56 Å². The molecule has 5 heteroatoms. The fourth-order valence-corrected chi connectivity index (χ4v) is 3.78. The number of thiophene rings is 1. The van der Waals surface area contributed by atoms with E-state index >= 15 is 0 Å². The number of aromatic nitrogens is 2. The molecule has 0 bridgehead atoms. The summed E-state index contributed by atoms with van der Waals surface area (Å²) in [6.07, 6.45) is 0. The van der Waals surface area contributed by atoms with E-state index < -0.39 is 0 Å². The summed E-state index contributed by atoms with van der Waals surface area (Å²) in [5.74, 6) is 0.732. The Morgan fingerprint density at radius 3 is 2.64 bits per heavy atom. The van der Waals surface area contributed by atoms with Crippen LogP contribution in [0.2, 0.25) is 0 Å². The molecule has 0 amide bonds. The Hall–Kier alpha value is -1.98. The standard InChI is InChI=1S/C17H18N2O2S/c1-11-14(13-7-5-4-6-8-13)15-16(22-11)18-12(2)19(17(15)20)9-10-21-3/h4-8H,9-10H2,1-3H3. The van der Waals surface area contributed by atoms with E-state index in [-0.39, 0.29) is 5.56 Å². The van der Waals surface area contributed by atoms with Crippen LogP contribution in [-0.2, 0) is 11.3 Å². The Kier molecular flexibility index (Phi) is 4.09. The van der Waals surface area contributed by atoms with Gasteiger partial charge in [0.25, 0.3) is 5.56 Å². The number of hydrogen-bond donors (Lipinski definition) is 0. The molecule has 0 saturated carbocycles. The first-order valence-corrected chi connectivity index (χ1v) is 8.00. The predicted octanol–water partition coefficient (Wildman–Crippen LogP) is 3.39. The van der Waals surface area contributed by atoms with Crippen LogP contribution in [0, 0.1) is 13.8 Å². The topological polar surface area (TPSA) is 44.1 Å². The summed E-state index contributed by atoms with van der Waals surface area (Å²) in [4.78, 5) is 19.5. The quantitative estimate of drug-likeness (QED) is 0.741. The van der Waals surface area contributed by atoms with Crippen LogP contribution in [0.4, 0.5) is 0 Å². The van der Waals surface area contributed by atoms with Gasteiger partial charge in [-0.05, 0) is 19.4 Å². The van der Waals surface area contributed by atoms with E-state index in [1.54, 1.807) is 23.0 Å². The number of hydrogen-bond acceptors (Lipinski definition) is 4. The number of ether oxygens (including phenoxy) is 1. The number of nitrogens with zero attached hydrogens (tertiary/aromatic N) is 2. The molecular weight excluding hydrogens is 296 g/mol. The van der Waals surface area contributed by atoms with Crippen molar-refractivity contribution in [1.29, 1.82) is 0 Å². The van der Waals surface area contributed by atoms with Crippen LogP contribution in [-0.4, -0.2) is 23.3 Å². The Balaban J connectivity index is 2.30. The first kappa shape index (κ1) is 14.9. The minimum atomic E-state index is 0.0164. The van der Waals surface area contributed by atoms with Crippen LogP contribution in [0.1, 0.15) is 10.7 Å². The first-order chi connectivity index (χ1) is 10.6. The van der Waals surface area contributed by atoms with E-state index in [1.807, 2.05) is 44.2 Å². The molecule has 0 aliphatic carbocycles. The summed E-state index contributed by atoms with van der Waals surface area (Å²) in [5.41, 5.74) is 2.08. The lowest BCUT2D eigenvalue weighted by atomic mass is 10.0. The minimum absolute atomic E-state index is 0.0164. The van der Waals surface area contributed by atoms with E-state index in [2.05, 4.69) is 4.98 Å². The van der Waals surface area contributed by atoms with Crippen LogP contribution in [0.3, 0.4) is 0 Å². The fourth-order valence-electron chi connectivity index (χ4n) is 2.69. The summed E-state index contributed by atoms with van der Waals surface area (Å²) < 4.78 is 6.80. The maximum Gasteiger partial charge on any atom is 0.262 e. The van der Waals surface area contributed by atoms with Crippen LogP contribution in [0.25, 0.3) is 21.3 Å². The van der Waals surface area contributed by atoms with Gasteiger partial charge in [-0.2, -0.15) is 0 Å². The van der Waals surface area contributed by atoms with Crippen molar-refractivity contribution in [3.63, 3.8) is 0 Å². The highest BCUT2D eigenvalue weighted by Gasteiger charge is 2.18. The maximum absolute atomic E-state index is 12.9. The number of benzene rings is 1. The second-order valence-electron chi connectivity index (χ2n) is 5.19. The van der Waals surface area contributed by atoms with E-state index in [0.717, 1.165) is 32.0 Å². The molecule has 0 unspecified atom stereocenters. The molecule has 22 heavy (non-hydrogen) atoms. The highest BCUT2D eigenvalue weighted by molar-refractivity contribution is 7.19.